The summed E-state index contributed by atoms with van der Waals surface area (Å²) >= 11 is 2.19. The first-order valence-corrected chi connectivity index (χ1v) is 6.22. The van der Waals surface area contributed by atoms with Crippen molar-refractivity contribution in [1.82, 2.24) is 0 Å². The lowest BCUT2D eigenvalue weighted by Crippen LogP contribution is -2.00. The molecule has 0 unspecified atom stereocenters. The number of nitrogens with zero attached hydrogens (tertiary/aromatic N) is 1. The number of ether oxygens (including phenoxy) is 1. The van der Waals surface area contributed by atoms with E-state index in [2.05, 4.69) is 22.6 Å². The van der Waals surface area contributed by atoms with Crippen molar-refractivity contribution in [3.05, 3.63) is 39.4 Å². The number of hydrogen-bond acceptors (Lipinski definition) is 4. The van der Waals surface area contributed by atoms with E-state index < -0.39 is 4.92 Å². The number of alkyl halides is 1. The van der Waals surface area contributed by atoms with Crippen LogP contribution in [-0.4, -0.2) is 21.1 Å². The fraction of sp³-hybridized carbons (Fsp3) is 0.400. The zero-order valence-corrected chi connectivity index (χ0v) is 10.7. The molecule has 88 valence electrons. The number of aliphatic hydroxyl groups excluding tert-OH is 1. The second kappa shape index (κ2) is 6.77. The zero-order valence-electron chi connectivity index (χ0n) is 8.56. The Morgan fingerprint density at radius 1 is 1.50 bits per heavy atom. The molecule has 16 heavy (non-hydrogen) atoms. The fourth-order valence-corrected chi connectivity index (χ4v) is 1.56. The highest BCUT2D eigenvalue weighted by Crippen LogP contribution is 2.20. The van der Waals surface area contributed by atoms with Crippen LogP contribution in [0, 0.1) is 10.1 Å². The smallest absolute Gasteiger partial charge is 0.275 e. The lowest BCUT2D eigenvalue weighted by atomic mass is 10.1. The molecular weight excluding hydrogens is 325 g/mol. The van der Waals surface area contributed by atoms with Crippen molar-refractivity contribution < 1.29 is 14.8 Å². The minimum Gasteiger partial charge on any atom is -0.391 e. The van der Waals surface area contributed by atoms with Gasteiger partial charge in [-0.3, -0.25) is 10.1 Å². The average molecular weight is 337 g/mol. The quantitative estimate of drug-likeness (QED) is 0.283. The van der Waals surface area contributed by atoms with Crippen LogP contribution in [0.2, 0.25) is 0 Å². The minimum atomic E-state index is -0.493. The summed E-state index contributed by atoms with van der Waals surface area (Å²) in [5, 5.41) is 19.7. The molecule has 1 aromatic rings. The van der Waals surface area contributed by atoms with Crippen LogP contribution in [0.25, 0.3) is 0 Å². The van der Waals surface area contributed by atoms with Gasteiger partial charge in [0.2, 0.25) is 0 Å². The standard InChI is InChI=1S/C10H12INO4/c11-3-4-16-7-8-1-2-9(6-13)10(5-8)12(14)15/h1-2,5,13H,3-4,6-7H2. The molecule has 0 aliphatic carbocycles. The van der Waals surface area contributed by atoms with Gasteiger partial charge >= 0.3 is 0 Å². The number of halogens is 1. The van der Waals surface area contributed by atoms with Gasteiger partial charge < -0.3 is 9.84 Å². The van der Waals surface area contributed by atoms with Crippen LogP contribution in [0.15, 0.2) is 18.2 Å². The van der Waals surface area contributed by atoms with Gasteiger partial charge in [0.05, 0.1) is 30.3 Å². The van der Waals surface area contributed by atoms with Crippen molar-refractivity contribution in [2.75, 3.05) is 11.0 Å². The van der Waals surface area contributed by atoms with Crippen LogP contribution in [-0.2, 0) is 18.0 Å². The maximum atomic E-state index is 10.7. The highest BCUT2D eigenvalue weighted by molar-refractivity contribution is 14.1. The molecule has 0 aliphatic rings. The summed E-state index contributed by atoms with van der Waals surface area (Å²) in [6, 6.07) is 4.73. The Balaban J connectivity index is 2.81. The molecule has 5 nitrogen and oxygen atoms in total. The Morgan fingerprint density at radius 2 is 2.25 bits per heavy atom. The van der Waals surface area contributed by atoms with E-state index in [4.69, 9.17) is 9.84 Å². The molecule has 0 aliphatic heterocycles. The molecule has 0 spiro atoms. The molecule has 1 rings (SSSR count). The van der Waals surface area contributed by atoms with Gasteiger partial charge in [-0.15, -0.1) is 0 Å². The van der Waals surface area contributed by atoms with E-state index in [1.165, 1.54) is 6.07 Å². The predicted molar refractivity (Wildman–Crippen MR) is 67.6 cm³/mol. The van der Waals surface area contributed by atoms with Gasteiger partial charge in [0.25, 0.3) is 5.69 Å². The number of aliphatic hydroxyl groups is 1. The summed E-state index contributed by atoms with van der Waals surface area (Å²) in [7, 11) is 0. The maximum absolute atomic E-state index is 10.7. The van der Waals surface area contributed by atoms with Crippen molar-refractivity contribution in [3.8, 4) is 0 Å². The van der Waals surface area contributed by atoms with Gasteiger partial charge in [-0.1, -0.05) is 28.7 Å². The van der Waals surface area contributed by atoms with E-state index in [0.717, 1.165) is 9.99 Å². The van der Waals surface area contributed by atoms with Crippen LogP contribution in [0.4, 0.5) is 5.69 Å². The van der Waals surface area contributed by atoms with Gasteiger partial charge in [0, 0.05) is 10.5 Å². The van der Waals surface area contributed by atoms with E-state index in [-0.39, 0.29) is 12.3 Å². The van der Waals surface area contributed by atoms with Crippen LogP contribution in [0.3, 0.4) is 0 Å². The summed E-state index contributed by atoms with van der Waals surface area (Å²) in [5.74, 6) is 0. The molecule has 0 atom stereocenters. The van der Waals surface area contributed by atoms with E-state index in [1.54, 1.807) is 12.1 Å². The predicted octanol–water partition coefficient (Wildman–Crippen LogP) is 2.04. The molecule has 1 aromatic carbocycles. The first-order chi connectivity index (χ1) is 7.69. The zero-order chi connectivity index (χ0) is 12.0. The van der Waals surface area contributed by atoms with E-state index >= 15 is 0 Å². The van der Waals surface area contributed by atoms with Crippen molar-refractivity contribution in [1.29, 1.82) is 0 Å². The summed E-state index contributed by atoms with van der Waals surface area (Å²) in [5.41, 5.74) is 1.01. The van der Waals surface area contributed by atoms with E-state index in [9.17, 15) is 10.1 Å². The van der Waals surface area contributed by atoms with Crippen molar-refractivity contribution in [2.45, 2.75) is 13.2 Å². The molecular formula is C10H12INO4. The first kappa shape index (κ1) is 13.3. The molecule has 0 fully saturated rings. The number of hydrogen-bond donors (Lipinski definition) is 1. The molecule has 0 bridgehead atoms. The monoisotopic (exact) mass is 337 g/mol. The Labute approximate surface area is 107 Å². The van der Waals surface area contributed by atoms with Gasteiger partial charge in [-0.05, 0) is 11.6 Å². The largest absolute Gasteiger partial charge is 0.391 e. The molecule has 0 amide bonds. The maximum Gasteiger partial charge on any atom is 0.275 e. The first-order valence-electron chi connectivity index (χ1n) is 4.69. The third kappa shape index (κ3) is 3.69. The lowest BCUT2D eigenvalue weighted by Gasteiger charge is -2.04. The van der Waals surface area contributed by atoms with Crippen LogP contribution in [0.5, 0.6) is 0 Å². The van der Waals surface area contributed by atoms with Gasteiger partial charge in [0.15, 0.2) is 0 Å². The molecule has 0 saturated carbocycles. The van der Waals surface area contributed by atoms with Gasteiger partial charge in [0.1, 0.15) is 0 Å². The molecule has 6 heteroatoms. The molecule has 0 aromatic heterocycles. The second-order valence-corrected chi connectivity index (χ2v) is 4.20. The topological polar surface area (TPSA) is 72.6 Å². The van der Waals surface area contributed by atoms with Gasteiger partial charge in [-0.2, -0.15) is 0 Å². The summed E-state index contributed by atoms with van der Waals surface area (Å²) in [6.45, 7) is 0.650. The normalized spacial score (nSPS) is 10.4. The average Bonchev–Trinajstić information content (AvgIpc) is 2.29. The van der Waals surface area contributed by atoms with Crippen LogP contribution >= 0.6 is 22.6 Å². The highest BCUT2D eigenvalue weighted by atomic mass is 127. The second-order valence-electron chi connectivity index (χ2n) is 3.12. The molecule has 0 heterocycles. The van der Waals surface area contributed by atoms with E-state index in [0.29, 0.717) is 18.8 Å². The Kier molecular flexibility index (Phi) is 5.64. The number of benzene rings is 1. The molecule has 1 N–H and O–H groups in total. The Morgan fingerprint density at radius 3 is 2.81 bits per heavy atom. The van der Waals surface area contributed by atoms with Crippen molar-refractivity contribution in [2.24, 2.45) is 0 Å². The number of nitro benzene ring substituents is 1. The van der Waals surface area contributed by atoms with E-state index in [1.807, 2.05) is 0 Å². The summed E-state index contributed by atoms with van der Waals surface area (Å²) in [6.07, 6.45) is 0. The minimum absolute atomic E-state index is 0.0573. The lowest BCUT2D eigenvalue weighted by molar-refractivity contribution is -0.385. The SMILES string of the molecule is O=[N+]([O-])c1cc(COCCI)ccc1CO. The Bertz CT molecular complexity index is 370. The van der Waals surface area contributed by atoms with Gasteiger partial charge in [-0.25, -0.2) is 0 Å². The molecule has 0 radical (unpaired) electrons. The summed E-state index contributed by atoms with van der Waals surface area (Å²) < 4.78 is 6.17. The third-order valence-electron chi connectivity index (χ3n) is 2.01. The van der Waals surface area contributed by atoms with Crippen LogP contribution in [0.1, 0.15) is 11.1 Å². The molecule has 0 saturated heterocycles. The highest BCUT2D eigenvalue weighted by Gasteiger charge is 2.13. The number of rotatable bonds is 6. The third-order valence-corrected chi connectivity index (χ3v) is 2.45. The van der Waals surface area contributed by atoms with Crippen molar-refractivity contribution in [3.63, 3.8) is 0 Å². The Hall–Kier alpha value is -0.730. The van der Waals surface area contributed by atoms with Crippen LogP contribution < -0.4 is 0 Å². The fourth-order valence-electron chi connectivity index (χ4n) is 1.25. The summed E-state index contributed by atoms with van der Waals surface area (Å²) in [4.78, 5) is 10.2. The van der Waals surface area contributed by atoms with Crippen molar-refractivity contribution >= 4 is 28.3 Å². The number of nitro groups is 1.